The Labute approximate surface area is 96.8 Å². The molecule has 0 bridgehead atoms. The molecule has 4 heteroatoms. The van der Waals surface area contributed by atoms with E-state index in [9.17, 15) is 0 Å². The Bertz CT molecular complexity index is 283. The molecule has 0 aromatic carbocycles. The zero-order valence-corrected chi connectivity index (χ0v) is 10.5. The van der Waals surface area contributed by atoms with E-state index in [-0.39, 0.29) is 0 Å². The Morgan fingerprint density at radius 2 is 2.20 bits per heavy atom. The van der Waals surface area contributed by atoms with E-state index in [0.29, 0.717) is 17.7 Å². The molecule has 1 unspecified atom stereocenters. The van der Waals surface area contributed by atoms with Gasteiger partial charge in [-0.3, -0.25) is 4.68 Å². The summed E-state index contributed by atoms with van der Waals surface area (Å²) >= 11 is 5.95. The fourth-order valence-corrected chi connectivity index (χ4v) is 2.01. The van der Waals surface area contributed by atoms with E-state index in [1.807, 2.05) is 4.68 Å². The number of alkyl halides is 1. The van der Waals surface area contributed by atoms with Crippen LogP contribution >= 0.6 is 11.6 Å². The number of nitrogens with zero attached hydrogens (tertiary/aromatic N) is 3. The highest BCUT2D eigenvalue weighted by Gasteiger charge is 2.16. The highest BCUT2D eigenvalue weighted by Crippen LogP contribution is 2.17. The van der Waals surface area contributed by atoms with Crippen LogP contribution in [0.5, 0.6) is 0 Å². The average Bonchev–Trinajstić information content (AvgIpc) is 2.62. The predicted octanol–water partition coefficient (Wildman–Crippen LogP) is 2.74. The van der Waals surface area contributed by atoms with Gasteiger partial charge in [0.15, 0.2) is 0 Å². The third-order valence-electron chi connectivity index (χ3n) is 2.72. The van der Waals surface area contributed by atoms with Gasteiger partial charge in [0.05, 0.1) is 0 Å². The first kappa shape index (κ1) is 12.5. The zero-order valence-electron chi connectivity index (χ0n) is 9.78. The van der Waals surface area contributed by atoms with Gasteiger partial charge in [-0.2, -0.15) is 5.10 Å². The van der Waals surface area contributed by atoms with Crippen LogP contribution in [0.25, 0.3) is 0 Å². The number of halogens is 1. The molecule has 0 aliphatic carbocycles. The summed E-state index contributed by atoms with van der Waals surface area (Å²) in [6.07, 6.45) is 3.65. The number of hydrogen-bond donors (Lipinski definition) is 0. The minimum Gasteiger partial charge on any atom is -0.250 e. The molecule has 1 heterocycles. The average molecular weight is 230 g/mol. The highest BCUT2D eigenvalue weighted by atomic mass is 35.5. The molecular formula is C11H20ClN3. The predicted molar refractivity (Wildman–Crippen MR) is 63.1 cm³/mol. The van der Waals surface area contributed by atoms with E-state index < -0.39 is 0 Å². The van der Waals surface area contributed by atoms with Gasteiger partial charge >= 0.3 is 0 Å². The summed E-state index contributed by atoms with van der Waals surface area (Å²) in [5.74, 6) is 2.84. The van der Waals surface area contributed by atoms with Gasteiger partial charge in [0.2, 0.25) is 0 Å². The van der Waals surface area contributed by atoms with Gasteiger partial charge in [0, 0.05) is 18.8 Å². The maximum atomic E-state index is 5.95. The van der Waals surface area contributed by atoms with Crippen LogP contribution in [-0.4, -0.2) is 20.6 Å². The second-order valence-corrected chi connectivity index (χ2v) is 4.57. The van der Waals surface area contributed by atoms with Crippen molar-refractivity contribution in [1.29, 1.82) is 0 Å². The van der Waals surface area contributed by atoms with Crippen LogP contribution in [0.15, 0.2) is 6.33 Å². The SMILES string of the molecule is CCCn1ncnc1CC(CCl)C(C)C. The minimum absolute atomic E-state index is 0.492. The van der Waals surface area contributed by atoms with Crippen molar-refractivity contribution in [2.75, 3.05) is 5.88 Å². The molecule has 0 spiro atoms. The molecule has 0 fully saturated rings. The zero-order chi connectivity index (χ0) is 11.3. The lowest BCUT2D eigenvalue weighted by Crippen LogP contribution is -2.17. The second kappa shape index (κ2) is 6.11. The molecule has 1 aromatic rings. The maximum Gasteiger partial charge on any atom is 0.138 e. The lowest BCUT2D eigenvalue weighted by atomic mass is 9.94. The molecule has 3 nitrogen and oxygen atoms in total. The highest BCUT2D eigenvalue weighted by molar-refractivity contribution is 6.18. The van der Waals surface area contributed by atoms with Crippen molar-refractivity contribution >= 4 is 11.6 Å². The molecule has 0 amide bonds. The van der Waals surface area contributed by atoms with Crippen LogP contribution < -0.4 is 0 Å². The number of hydrogen-bond acceptors (Lipinski definition) is 2. The molecule has 15 heavy (non-hydrogen) atoms. The molecule has 0 aliphatic rings. The van der Waals surface area contributed by atoms with Gasteiger partial charge in [-0.1, -0.05) is 20.8 Å². The van der Waals surface area contributed by atoms with Crippen LogP contribution in [0.1, 0.15) is 33.0 Å². The van der Waals surface area contributed by atoms with Crippen molar-refractivity contribution in [3.63, 3.8) is 0 Å². The summed E-state index contributed by atoms with van der Waals surface area (Å²) in [6, 6.07) is 0. The molecule has 0 aliphatic heterocycles. The molecule has 1 rings (SSSR count). The first-order chi connectivity index (χ1) is 7.19. The largest absolute Gasteiger partial charge is 0.250 e. The molecule has 0 saturated carbocycles. The molecule has 86 valence electrons. The van der Waals surface area contributed by atoms with Crippen LogP contribution in [0, 0.1) is 11.8 Å². The summed E-state index contributed by atoms with van der Waals surface area (Å²) in [5, 5.41) is 4.22. The molecule has 1 aromatic heterocycles. The Morgan fingerprint density at radius 1 is 1.47 bits per heavy atom. The second-order valence-electron chi connectivity index (χ2n) is 4.26. The van der Waals surface area contributed by atoms with Gasteiger partial charge in [-0.15, -0.1) is 11.6 Å². The Hall–Kier alpha value is -0.570. The fourth-order valence-electron chi connectivity index (χ4n) is 1.55. The smallest absolute Gasteiger partial charge is 0.138 e. The standard InChI is InChI=1S/C11H20ClN3/c1-4-5-15-11(13-8-14-15)6-10(7-12)9(2)3/h8-10H,4-7H2,1-3H3. The first-order valence-corrected chi connectivity index (χ1v) is 6.15. The lowest BCUT2D eigenvalue weighted by Gasteiger charge is -2.17. The number of rotatable bonds is 6. The maximum absolute atomic E-state index is 5.95. The van der Waals surface area contributed by atoms with E-state index in [4.69, 9.17) is 11.6 Å². The van der Waals surface area contributed by atoms with Crippen LogP contribution in [0.3, 0.4) is 0 Å². The van der Waals surface area contributed by atoms with Gasteiger partial charge in [0.25, 0.3) is 0 Å². The van der Waals surface area contributed by atoms with Crippen LogP contribution in [0.4, 0.5) is 0 Å². The van der Waals surface area contributed by atoms with E-state index in [1.54, 1.807) is 6.33 Å². The topological polar surface area (TPSA) is 30.7 Å². The van der Waals surface area contributed by atoms with Crippen molar-refractivity contribution in [2.45, 2.75) is 40.2 Å². The molecule has 1 atom stereocenters. The summed E-state index contributed by atoms with van der Waals surface area (Å²) in [5.41, 5.74) is 0. The molecule has 0 saturated heterocycles. The van der Waals surface area contributed by atoms with Gasteiger partial charge in [-0.25, -0.2) is 4.98 Å². The van der Waals surface area contributed by atoms with Crippen molar-refractivity contribution in [3.05, 3.63) is 12.2 Å². The minimum atomic E-state index is 0.492. The molecular weight excluding hydrogens is 210 g/mol. The van der Waals surface area contributed by atoms with Crippen molar-refractivity contribution in [1.82, 2.24) is 14.8 Å². The third-order valence-corrected chi connectivity index (χ3v) is 3.11. The van der Waals surface area contributed by atoms with Crippen LogP contribution in [-0.2, 0) is 13.0 Å². The quantitative estimate of drug-likeness (QED) is 0.703. The Balaban J connectivity index is 2.65. The van der Waals surface area contributed by atoms with Crippen LogP contribution in [0.2, 0.25) is 0 Å². The van der Waals surface area contributed by atoms with Crippen molar-refractivity contribution < 1.29 is 0 Å². The van der Waals surface area contributed by atoms with Gasteiger partial charge in [-0.05, 0) is 18.3 Å². The third kappa shape index (κ3) is 3.49. The molecule has 0 radical (unpaired) electrons. The Morgan fingerprint density at radius 3 is 2.73 bits per heavy atom. The summed E-state index contributed by atoms with van der Waals surface area (Å²) in [7, 11) is 0. The first-order valence-electron chi connectivity index (χ1n) is 5.61. The van der Waals surface area contributed by atoms with Gasteiger partial charge in [0.1, 0.15) is 12.2 Å². The fraction of sp³-hybridized carbons (Fsp3) is 0.818. The Kier molecular flexibility index (Phi) is 5.09. The normalized spacial score (nSPS) is 13.4. The van der Waals surface area contributed by atoms with E-state index in [0.717, 1.165) is 25.2 Å². The summed E-state index contributed by atoms with van der Waals surface area (Å²) in [4.78, 5) is 4.30. The van der Waals surface area contributed by atoms with E-state index in [2.05, 4.69) is 30.9 Å². The van der Waals surface area contributed by atoms with Crippen molar-refractivity contribution in [3.8, 4) is 0 Å². The summed E-state index contributed by atoms with van der Waals surface area (Å²) < 4.78 is 1.99. The monoisotopic (exact) mass is 229 g/mol. The van der Waals surface area contributed by atoms with Gasteiger partial charge < -0.3 is 0 Å². The summed E-state index contributed by atoms with van der Waals surface area (Å²) in [6.45, 7) is 7.50. The van der Waals surface area contributed by atoms with E-state index >= 15 is 0 Å². The number of aryl methyl sites for hydroxylation is 1. The van der Waals surface area contributed by atoms with Crippen molar-refractivity contribution in [2.24, 2.45) is 11.8 Å². The van der Waals surface area contributed by atoms with E-state index in [1.165, 1.54) is 0 Å². The lowest BCUT2D eigenvalue weighted by molar-refractivity contribution is 0.402. The molecule has 0 N–H and O–H groups in total. The number of aromatic nitrogens is 3.